The predicted octanol–water partition coefficient (Wildman–Crippen LogP) is 2.64. The quantitative estimate of drug-likeness (QED) is 0.735. The van der Waals surface area contributed by atoms with Gasteiger partial charge in [0.05, 0.1) is 6.61 Å². The molecule has 5 heteroatoms. The lowest BCUT2D eigenvalue weighted by Crippen LogP contribution is -2.41. The van der Waals surface area contributed by atoms with Crippen molar-refractivity contribution in [3.63, 3.8) is 0 Å². The number of H-pyrrole nitrogens is 1. The van der Waals surface area contributed by atoms with E-state index >= 15 is 0 Å². The highest BCUT2D eigenvalue weighted by Gasteiger charge is 2.17. The second kappa shape index (κ2) is 7.70. The smallest absolute Gasteiger partial charge is 0.220 e. The van der Waals surface area contributed by atoms with Crippen LogP contribution in [0.1, 0.15) is 24.5 Å². The third-order valence-electron chi connectivity index (χ3n) is 4.06. The van der Waals surface area contributed by atoms with Crippen LogP contribution >= 0.6 is 11.8 Å². The highest BCUT2D eigenvalue weighted by Crippen LogP contribution is 2.22. The Bertz CT molecular complexity index is 635. The Morgan fingerprint density at radius 2 is 2.23 bits per heavy atom. The molecule has 0 fully saturated rings. The molecule has 1 aromatic heterocycles. The highest BCUT2D eigenvalue weighted by atomic mass is 32.2. The lowest BCUT2D eigenvalue weighted by molar-refractivity contribution is -0.121. The van der Waals surface area contributed by atoms with Crippen LogP contribution in [0.5, 0.6) is 0 Å². The van der Waals surface area contributed by atoms with Crippen LogP contribution in [0, 0.1) is 6.92 Å². The summed E-state index contributed by atoms with van der Waals surface area (Å²) in [6.07, 6.45) is 5.10. The van der Waals surface area contributed by atoms with E-state index < -0.39 is 0 Å². The third kappa shape index (κ3) is 3.84. The lowest BCUT2D eigenvalue weighted by atomic mass is 10.1. The highest BCUT2D eigenvalue weighted by molar-refractivity contribution is 7.99. The Hall–Kier alpha value is -1.46. The van der Waals surface area contributed by atoms with Crippen LogP contribution < -0.4 is 5.32 Å². The number of hydrogen-bond acceptors (Lipinski definition) is 3. The Labute approximate surface area is 135 Å². The maximum Gasteiger partial charge on any atom is 0.220 e. The average molecular weight is 320 g/mol. The number of carbonyl (C=O) groups is 1. The van der Waals surface area contributed by atoms with Gasteiger partial charge in [-0.05, 0) is 37.7 Å². The molecule has 0 saturated carbocycles. The van der Waals surface area contributed by atoms with Gasteiger partial charge >= 0.3 is 0 Å². The minimum Gasteiger partial charge on any atom is -0.395 e. The number of carbonyl (C=O) groups excluding carboxylic acids is 1. The first-order chi connectivity index (χ1) is 10.6. The number of benzene rings is 1. The van der Waals surface area contributed by atoms with E-state index in [1.165, 1.54) is 16.5 Å². The van der Waals surface area contributed by atoms with Gasteiger partial charge in [-0.1, -0.05) is 18.2 Å². The van der Waals surface area contributed by atoms with E-state index in [4.69, 9.17) is 0 Å². The zero-order chi connectivity index (χ0) is 16.1. The summed E-state index contributed by atoms with van der Waals surface area (Å²) in [6, 6.07) is 6.18. The minimum atomic E-state index is -0.0299. The van der Waals surface area contributed by atoms with Gasteiger partial charge in [0.25, 0.3) is 0 Å². The van der Waals surface area contributed by atoms with Crippen molar-refractivity contribution >= 4 is 28.6 Å². The Kier molecular flexibility index (Phi) is 5.91. The number of aromatic nitrogens is 1. The molecule has 0 aliphatic carbocycles. The van der Waals surface area contributed by atoms with Crippen LogP contribution in [-0.2, 0) is 11.2 Å². The van der Waals surface area contributed by atoms with Crippen LogP contribution in [0.2, 0.25) is 0 Å². The number of fused-ring (bicyclic) bond motifs is 1. The fourth-order valence-electron chi connectivity index (χ4n) is 2.67. The largest absolute Gasteiger partial charge is 0.395 e. The topological polar surface area (TPSA) is 65.1 Å². The van der Waals surface area contributed by atoms with Crippen molar-refractivity contribution in [1.82, 2.24) is 10.3 Å². The summed E-state index contributed by atoms with van der Waals surface area (Å²) >= 11 is 1.57. The van der Waals surface area contributed by atoms with E-state index in [1.54, 1.807) is 11.8 Å². The zero-order valence-corrected chi connectivity index (χ0v) is 14.2. The minimum absolute atomic E-state index is 0.0296. The van der Waals surface area contributed by atoms with Crippen molar-refractivity contribution in [1.29, 1.82) is 0 Å². The number of thioether (sulfide) groups is 1. The first-order valence-electron chi connectivity index (χ1n) is 7.55. The number of rotatable bonds is 7. The fraction of sp³-hybridized carbons (Fsp3) is 0.471. The summed E-state index contributed by atoms with van der Waals surface area (Å²) in [7, 11) is 0. The van der Waals surface area contributed by atoms with E-state index in [-0.39, 0.29) is 23.8 Å². The molecule has 0 aliphatic heterocycles. The molecular formula is C17H24N2O2S. The molecular weight excluding hydrogens is 296 g/mol. The third-order valence-corrected chi connectivity index (χ3v) is 5.22. The predicted molar refractivity (Wildman–Crippen MR) is 93.4 cm³/mol. The number of amides is 1. The first-order valence-corrected chi connectivity index (χ1v) is 8.84. The number of aryl methyl sites for hydroxylation is 2. The maximum absolute atomic E-state index is 12.1. The molecule has 22 heavy (non-hydrogen) atoms. The second-order valence-electron chi connectivity index (χ2n) is 5.62. The molecule has 4 nitrogen and oxygen atoms in total. The van der Waals surface area contributed by atoms with Crippen molar-refractivity contribution in [2.75, 3.05) is 12.9 Å². The van der Waals surface area contributed by atoms with Gasteiger partial charge in [-0.15, -0.1) is 0 Å². The Balaban J connectivity index is 1.94. The van der Waals surface area contributed by atoms with E-state index in [9.17, 15) is 9.90 Å². The van der Waals surface area contributed by atoms with Crippen molar-refractivity contribution in [3.8, 4) is 0 Å². The normalized spacial score (nSPS) is 14.0. The molecule has 2 aromatic rings. The van der Waals surface area contributed by atoms with Gasteiger partial charge in [-0.3, -0.25) is 4.79 Å². The summed E-state index contributed by atoms with van der Waals surface area (Å²) in [6.45, 7) is 4.09. The van der Waals surface area contributed by atoms with Gasteiger partial charge in [-0.2, -0.15) is 11.8 Å². The van der Waals surface area contributed by atoms with Crippen LogP contribution in [0.15, 0.2) is 24.4 Å². The molecule has 120 valence electrons. The van der Waals surface area contributed by atoms with E-state index in [0.29, 0.717) is 12.8 Å². The van der Waals surface area contributed by atoms with Gasteiger partial charge in [0.15, 0.2) is 0 Å². The molecule has 0 aliphatic rings. The molecule has 0 spiro atoms. The number of nitrogens with one attached hydrogen (secondary N) is 2. The van der Waals surface area contributed by atoms with Gasteiger partial charge in [-0.25, -0.2) is 0 Å². The van der Waals surface area contributed by atoms with Crippen molar-refractivity contribution in [2.24, 2.45) is 0 Å². The number of aliphatic hydroxyl groups is 1. The average Bonchev–Trinajstić information content (AvgIpc) is 2.91. The fourth-order valence-corrected chi connectivity index (χ4v) is 3.30. The zero-order valence-electron chi connectivity index (χ0n) is 13.3. The number of para-hydroxylation sites is 1. The Morgan fingerprint density at radius 1 is 1.45 bits per heavy atom. The van der Waals surface area contributed by atoms with E-state index in [1.807, 2.05) is 25.4 Å². The lowest BCUT2D eigenvalue weighted by Gasteiger charge is -2.21. The summed E-state index contributed by atoms with van der Waals surface area (Å²) < 4.78 is 0. The van der Waals surface area contributed by atoms with Crippen molar-refractivity contribution in [3.05, 3.63) is 35.5 Å². The molecule has 2 atom stereocenters. The molecule has 1 aromatic carbocycles. The van der Waals surface area contributed by atoms with E-state index in [0.717, 1.165) is 5.52 Å². The van der Waals surface area contributed by atoms with E-state index in [2.05, 4.69) is 29.4 Å². The molecule has 0 saturated heterocycles. The first kappa shape index (κ1) is 16.9. The molecule has 0 radical (unpaired) electrons. The van der Waals surface area contributed by atoms with Gasteiger partial charge in [0.1, 0.15) is 0 Å². The van der Waals surface area contributed by atoms with Gasteiger partial charge in [0, 0.05) is 34.8 Å². The van der Waals surface area contributed by atoms with Crippen LogP contribution in [0.3, 0.4) is 0 Å². The van der Waals surface area contributed by atoms with Crippen molar-refractivity contribution in [2.45, 2.75) is 38.0 Å². The number of hydrogen-bond donors (Lipinski definition) is 3. The molecule has 1 heterocycles. The summed E-state index contributed by atoms with van der Waals surface area (Å²) in [5, 5.41) is 13.5. The summed E-state index contributed by atoms with van der Waals surface area (Å²) in [5.74, 6) is 0.0296. The molecule has 0 unspecified atom stereocenters. The second-order valence-corrected chi connectivity index (χ2v) is 6.70. The van der Waals surface area contributed by atoms with Gasteiger partial charge in [0.2, 0.25) is 5.91 Å². The molecule has 3 N–H and O–H groups in total. The van der Waals surface area contributed by atoms with Crippen molar-refractivity contribution < 1.29 is 9.90 Å². The molecule has 1 amide bonds. The van der Waals surface area contributed by atoms with Crippen LogP contribution in [-0.4, -0.2) is 40.2 Å². The standard InChI is InChI=1S/C17H24N2O2S/c1-11-5-4-6-14-13(9-18-17(11)14)7-8-16(21)19-12(2)15(10-20)22-3/h4-6,9,12,15,18,20H,7-8,10H2,1-3H3,(H,19,21)/t12-,15-/m0/s1. The number of aliphatic hydroxyl groups excluding tert-OH is 1. The molecule has 0 bridgehead atoms. The van der Waals surface area contributed by atoms with Crippen LogP contribution in [0.4, 0.5) is 0 Å². The SMILES string of the molecule is CS[C@@H](CO)[C@H](C)NC(=O)CCc1c[nH]c2c(C)cccc12. The monoisotopic (exact) mass is 320 g/mol. The summed E-state index contributed by atoms with van der Waals surface area (Å²) in [4.78, 5) is 15.4. The summed E-state index contributed by atoms with van der Waals surface area (Å²) in [5.41, 5.74) is 3.53. The molecule has 2 rings (SSSR count). The Morgan fingerprint density at radius 3 is 2.91 bits per heavy atom. The number of aromatic amines is 1. The van der Waals surface area contributed by atoms with Crippen LogP contribution in [0.25, 0.3) is 10.9 Å². The van der Waals surface area contributed by atoms with Gasteiger partial charge < -0.3 is 15.4 Å². The maximum atomic E-state index is 12.1.